The zero-order valence-corrected chi connectivity index (χ0v) is 12.7. The molecule has 0 aliphatic carbocycles. The van der Waals surface area contributed by atoms with Gasteiger partial charge in [-0.05, 0) is 36.8 Å². The molecule has 1 rings (SSSR count). The van der Waals surface area contributed by atoms with Crippen molar-refractivity contribution >= 4 is 17.6 Å². The lowest BCUT2D eigenvalue weighted by molar-refractivity contribution is -0.143. The van der Waals surface area contributed by atoms with Crippen LogP contribution in [0.4, 0.5) is 0 Å². The monoisotopic (exact) mass is 282 g/mol. The number of halogens is 1. The lowest BCUT2D eigenvalue weighted by Crippen LogP contribution is -2.05. The van der Waals surface area contributed by atoms with Gasteiger partial charge in [-0.25, -0.2) is 0 Å². The summed E-state index contributed by atoms with van der Waals surface area (Å²) in [5.41, 5.74) is 2.40. The van der Waals surface area contributed by atoms with Gasteiger partial charge in [0.1, 0.15) is 0 Å². The molecule has 0 saturated carbocycles. The molecule has 1 aromatic rings. The van der Waals surface area contributed by atoms with E-state index in [2.05, 4.69) is 38.1 Å². The Morgan fingerprint density at radius 1 is 1.21 bits per heavy atom. The molecule has 19 heavy (non-hydrogen) atoms. The Hall–Kier alpha value is -1.02. The lowest BCUT2D eigenvalue weighted by Gasteiger charge is -2.13. The first-order valence-electron chi connectivity index (χ1n) is 6.98. The molecule has 0 aliphatic rings. The van der Waals surface area contributed by atoms with E-state index >= 15 is 0 Å². The van der Waals surface area contributed by atoms with Crippen LogP contribution in [0.25, 0.3) is 0 Å². The van der Waals surface area contributed by atoms with E-state index in [-0.39, 0.29) is 11.3 Å². The molecule has 0 amide bonds. The second kappa shape index (κ2) is 8.21. The zero-order chi connectivity index (χ0) is 14.3. The maximum Gasteiger partial charge on any atom is 0.305 e. The summed E-state index contributed by atoms with van der Waals surface area (Å²) in [6.45, 7) is 6.63. The van der Waals surface area contributed by atoms with Crippen molar-refractivity contribution in [2.45, 2.75) is 51.3 Å². The van der Waals surface area contributed by atoms with Gasteiger partial charge in [-0.1, -0.05) is 38.1 Å². The first-order chi connectivity index (χ1) is 9.08. The van der Waals surface area contributed by atoms with E-state index in [1.807, 2.05) is 6.92 Å². The second-order valence-corrected chi connectivity index (χ2v) is 5.31. The summed E-state index contributed by atoms with van der Waals surface area (Å²) in [6, 6.07) is 8.38. The standard InChI is InChI=1S/C16H23ClO2/c1-4-12(3)13-6-8-14(9-7-13)15(17)10-11-16(18)19-5-2/h6-9,12,15H,4-5,10-11H2,1-3H3. The minimum absolute atomic E-state index is 0.129. The summed E-state index contributed by atoms with van der Waals surface area (Å²) in [5.74, 6) is 0.395. The van der Waals surface area contributed by atoms with E-state index in [1.165, 1.54) is 5.56 Å². The Morgan fingerprint density at radius 2 is 1.79 bits per heavy atom. The van der Waals surface area contributed by atoms with Crippen LogP contribution in [0.2, 0.25) is 0 Å². The highest BCUT2D eigenvalue weighted by atomic mass is 35.5. The highest BCUT2D eigenvalue weighted by molar-refractivity contribution is 6.20. The van der Waals surface area contributed by atoms with Crippen LogP contribution in [0.3, 0.4) is 0 Å². The zero-order valence-electron chi connectivity index (χ0n) is 12.0. The average Bonchev–Trinajstić information content (AvgIpc) is 2.44. The normalized spacial score (nSPS) is 13.9. The van der Waals surface area contributed by atoms with Gasteiger partial charge in [0, 0.05) is 6.42 Å². The first-order valence-corrected chi connectivity index (χ1v) is 7.41. The molecule has 0 spiro atoms. The maximum atomic E-state index is 11.3. The summed E-state index contributed by atoms with van der Waals surface area (Å²) in [5, 5.41) is -0.129. The van der Waals surface area contributed by atoms with Crippen LogP contribution in [0, 0.1) is 0 Å². The van der Waals surface area contributed by atoms with E-state index < -0.39 is 0 Å². The molecule has 0 aromatic heterocycles. The smallest absolute Gasteiger partial charge is 0.305 e. The van der Waals surface area contributed by atoms with Crippen molar-refractivity contribution in [3.05, 3.63) is 35.4 Å². The van der Waals surface area contributed by atoms with Crippen molar-refractivity contribution in [1.29, 1.82) is 0 Å². The number of ether oxygens (including phenoxy) is 1. The molecule has 0 N–H and O–H groups in total. The summed E-state index contributed by atoms with van der Waals surface area (Å²) in [4.78, 5) is 11.3. The predicted molar refractivity (Wildman–Crippen MR) is 79.6 cm³/mol. The van der Waals surface area contributed by atoms with Crippen LogP contribution in [0.1, 0.15) is 62.5 Å². The molecule has 0 bridgehead atoms. The fourth-order valence-corrected chi connectivity index (χ4v) is 2.17. The number of rotatable bonds is 7. The first kappa shape index (κ1) is 16.0. The number of benzene rings is 1. The summed E-state index contributed by atoms with van der Waals surface area (Å²) < 4.78 is 4.90. The molecule has 0 heterocycles. The average molecular weight is 283 g/mol. The van der Waals surface area contributed by atoms with Crippen molar-refractivity contribution in [2.24, 2.45) is 0 Å². The molecule has 2 nitrogen and oxygen atoms in total. The number of hydrogen-bond donors (Lipinski definition) is 0. The summed E-state index contributed by atoms with van der Waals surface area (Å²) in [6.07, 6.45) is 2.12. The Morgan fingerprint density at radius 3 is 2.32 bits per heavy atom. The quantitative estimate of drug-likeness (QED) is 0.529. The van der Waals surface area contributed by atoms with Gasteiger partial charge in [0.15, 0.2) is 0 Å². The highest BCUT2D eigenvalue weighted by Crippen LogP contribution is 2.27. The molecule has 2 atom stereocenters. The van der Waals surface area contributed by atoms with Crippen molar-refractivity contribution in [3.8, 4) is 0 Å². The third-order valence-electron chi connectivity index (χ3n) is 3.39. The van der Waals surface area contributed by atoms with Crippen LogP contribution < -0.4 is 0 Å². The fourth-order valence-electron chi connectivity index (χ4n) is 1.91. The SMILES string of the molecule is CCOC(=O)CCC(Cl)c1ccc(C(C)CC)cc1. The number of esters is 1. The molecule has 1 aromatic carbocycles. The third kappa shape index (κ3) is 5.23. The molecule has 0 saturated heterocycles. The van der Waals surface area contributed by atoms with Crippen molar-refractivity contribution in [3.63, 3.8) is 0 Å². The topological polar surface area (TPSA) is 26.3 Å². The fraction of sp³-hybridized carbons (Fsp3) is 0.562. The maximum absolute atomic E-state index is 11.3. The van der Waals surface area contributed by atoms with Gasteiger partial charge in [0.25, 0.3) is 0 Å². The molecule has 106 valence electrons. The van der Waals surface area contributed by atoms with Gasteiger partial charge in [-0.2, -0.15) is 0 Å². The van der Waals surface area contributed by atoms with Gasteiger partial charge >= 0.3 is 5.97 Å². The minimum Gasteiger partial charge on any atom is -0.466 e. The lowest BCUT2D eigenvalue weighted by atomic mass is 9.96. The van der Waals surface area contributed by atoms with Gasteiger partial charge in [0.05, 0.1) is 12.0 Å². The Balaban J connectivity index is 2.53. The van der Waals surface area contributed by atoms with Crippen molar-refractivity contribution in [1.82, 2.24) is 0 Å². The molecule has 2 unspecified atom stereocenters. The van der Waals surface area contributed by atoms with Crippen LogP contribution in [-0.2, 0) is 9.53 Å². The molecule has 0 aliphatic heterocycles. The largest absolute Gasteiger partial charge is 0.466 e. The number of carbonyl (C=O) groups excluding carboxylic acids is 1. The Labute approximate surface area is 121 Å². The number of alkyl halides is 1. The van der Waals surface area contributed by atoms with Crippen LogP contribution in [0.15, 0.2) is 24.3 Å². The van der Waals surface area contributed by atoms with E-state index in [9.17, 15) is 4.79 Å². The van der Waals surface area contributed by atoms with Gasteiger partial charge in [-0.3, -0.25) is 4.79 Å². The second-order valence-electron chi connectivity index (χ2n) is 4.79. The van der Waals surface area contributed by atoms with E-state index in [1.54, 1.807) is 0 Å². The van der Waals surface area contributed by atoms with Gasteiger partial charge in [-0.15, -0.1) is 11.6 Å². The van der Waals surface area contributed by atoms with Crippen LogP contribution in [-0.4, -0.2) is 12.6 Å². The molecular weight excluding hydrogens is 260 g/mol. The molecule has 3 heteroatoms. The van der Waals surface area contributed by atoms with Crippen molar-refractivity contribution in [2.75, 3.05) is 6.61 Å². The molecular formula is C16H23ClO2. The molecule has 0 fully saturated rings. The Kier molecular flexibility index (Phi) is 6.93. The Bertz CT molecular complexity index is 386. The highest BCUT2D eigenvalue weighted by Gasteiger charge is 2.12. The van der Waals surface area contributed by atoms with E-state index in [4.69, 9.17) is 16.3 Å². The van der Waals surface area contributed by atoms with Crippen LogP contribution >= 0.6 is 11.6 Å². The number of hydrogen-bond acceptors (Lipinski definition) is 2. The predicted octanol–water partition coefficient (Wildman–Crippen LogP) is 4.82. The van der Waals surface area contributed by atoms with Gasteiger partial charge in [0.2, 0.25) is 0 Å². The summed E-state index contributed by atoms with van der Waals surface area (Å²) >= 11 is 6.31. The third-order valence-corrected chi connectivity index (χ3v) is 3.86. The summed E-state index contributed by atoms with van der Waals surface area (Å²) in [7, 11) is 0. The number of carbonyl (C=O) groups is 1. The van der Waals surface area contributed by atoms with E-state index in [0.717, 1.165) is 12.0 Å². The van der Waals surface area contributed by atoms with Gasteiger partial charge < -0.3 is 4.74 Å². The molecule has 0 radical (unpaired) electrons. The van der Waals surface area contributed by atoms with E-state index in [0.29, 0.717) is 25.4 Å². The minimum atomic E-state index is -0.177. The van der Waals surface area contributed by atoms with Crippen molar-refractivity contribution < 1.29 is 9.53 Å². The van der Waals surface area contributed by atoms with Crippen LogP contribution in [0.5, 0.6) is 0 Å².